The average Bonchev–Trinajstić information content (AvgIpc) is 2.98. The van der Waals surface area contributed by atoms with Gasteiger partial charge in [-0.05, 0) is 41.0 Å². The number of amides is 3. The zero-order valence-corrected chi connectivity index (χ0v) is 25.5. The van der Waals surface area contributed by atoms with Crippen molar-refractivity contribution in [1.29, 1.82) is 0 Å². The molecule has 1 aliphatic rings. The van der Waals surface area contributed by atoms with Crippen LogP contribution in [-0.2, 0) is 19.1 Å². The van der Waals surface area contributed by atoms with Crippen LogP contribution in [0.15, 0.2) is 36.4 Å². The fourth-order valence-electron chi connectivity index (χ4n) is 4.34. The van der Waals surface area contributed by atoms with E-state index in [9.17, 15) is 24.3 Å². The van der Waals surface area contributed by atoms with Gasteiger partial charge in [0.1, 0.15) is 23.2 Å². The minimum absolute atomic E-state index is 0.000850. The number of aliphatic hydroxyl groups is 1. The maximum absolute atomic E-state index is 13.7. The van der Waals surface area contributed by atoms with Crippen LogP contribution in [-0.4, -0.2) is 106 Å². The Morgan fingerprint density at radius 2 is 1.67 bits per heavy atom. The second-order valence-electron chi connectivity index (χ2n) is 11.2. The molecule has 1 aromatic carbocycles. The van der Waals surface area contributed by atoms with Gasteiger partial charge in [-0.25, -0.2) is 14.8 Å². The monoisotopic (exact) mass is 598 g/mol. The number of esters is 1. The number of anilines is 1. The number of rotatable bonds is 11. The molecule has 0 spiro atoms. The second-order valence-corrected chi connectivity index (χ2v) is 11.2. The molecule has 2 atom stereocenters. The van der Waals surface area contributed by atoms with Crippen LogP contribution in [0, 0.1) is 0 Å². The molecule has 1 fully saturated rings. The van der Waals surface area contributed by atoms with Crippen molar-refractivity contribution in [2.45, 2.75) is 65.1 Å². The zero-order chi connectivity index (χ0) is 31.6. The summed E-state index contributed by atoms with van der Waals surface area (Å²) in [6, 6.07) is 9.15. The van der Waals surface area contributed by atoms with Gasteiger partial charge in [0, 0.05) is 50.3 Å². The highest BCUT2D eigenvalue weighted by molar-refractivity contribution is 5.97. The Morgan fingerprint density at radius 1 is 1.02 bits per heavy atom. The number of nitrogens with one attached hydrogen (secondary N) is 2. The Balaban J connectivity index is 1.84. The lowest BCUT2D eigenvalue weighted by Gasteiger charge is -2.36. The average molecular weight is 599 g/mol. The number of carbonyl (C=O) groups excluding carboxylic acids is 4. The summed E-state index contributed by atoms with van der Waals surface area (Å²) in [5, 5.41) is 15.3. The first-order valence-corrected chi connectivity index (χ1v) is 14.4. The van der Waals surface area contributed by atoms with Gasteiger partial charge in [-0.1, -0.05) is 30.3 Å². The van der Waals surface area contributed by atoms with Crippen LogP contribution in [0.3, 0.4) is 0 Å². The van der Waals surface area contributed by atoms with Crippen molar-refractivity contribution < 1.29 is 33.8 Å². The fourth-order valence-corrected chi connectivity index (χ4v) is 4.34. The number of aliphatic hydroxyl groups excluding tert-OH is 1. The highest BCUT2D eigenvalue weighted by Gasteiger charge is 2.32. The number of benzene rings is 1. The van der Waals surface area contributed by atoms with Crippen molar-refractivity contribution in [3.63, 3.8) is 0 Å². The van der Waals surface area contributed by atoms with Crippen LogP contribution in [0.4, 0.5) is 10.6 Å². The van der Waals surface area contributed by atoms with Crippen LogP contribution < -0.4 is 10.6 Å². The van der Waals surface area contributed by atoms with Gasteiger partial charge < -0.3 is 35.0 Å². The highest BCUT2D eigenvalue weighted by Crippen LogP contribution is 2.19. The van der Waals surface area contributed by atoms with Gasteiger partial charge >= 0.3 is 12.1 Å². The molecule has 0 saturated carbocycles. The summed E-state index contributed by atoms with van der Waals surface area (Å²) in [5.41, 5.74) is -0.0229. The molecule has 43 heavy (non-hydrogen) atoms. The van der Waals surface area contributed by atoms with Crippen molar-refractivity contribution in [2.24, 2.45) is 0 Å². The third kappa shape index (κ3) is 10.2. The zero-order valence-electron chi connectivity index (χ0n) is 25.5. The lowest BCUT2D eigenvalue weighted by atomic mass is 10.1. The van der Waals surface area contributed by atoms with E-state index in [-0.39, 0.29) is 75.7 Å². The van der Waals surface area contributed by atoms with E-state index >= 15 is 0 Å². The quantitative estimate of drug-likeness (QED) is 0.328. The topological polar surface area (TPSA) is 163 Å². The van der Waals surface area contributed by atoms with Crippen LogP contribution in [0.25, 0.3) is 11.4 Å². The number of aromatic nitrogens is 2. The molecule has 3 N–H and O–H groups in total. The Kier molecular flexibility index (Phi) is 11.8. The number of carbonyl (C=O) groups is 4. The molecule has 1 aliphatic heterocycles. The predicted octanol–water partition coefficient (Wildman–Crippen LogP) is 2.46. The minimum atomic E-state index is -1.06. The van der Waals surface area contributed by atoms with Gasteiger partial charge in [-0.3, -0.25) is 14.4 Å². The number of ether oxygens (including phenoxy) is 2. The van der Waals surface area contributed by atoms with Gasteiger partial charge in [0.2, 0.25) is 5.91 Å². The Hall–Kier alpha value is -4.26. The van der Waals surface area contributed by atoms with Gasteiger partial charge in [0.15, 0.2) is 5.82 Å². The lowest BCUT2D eigenvalue weighted by molar-refractivity contribution is -0.155. The summed E-state index contributed by atoms with van der Waals surface area (Å²) in [7, 11) is 0. The van der Waals surface area contributed by atoms with E-state index in [4.69, 9.17) is 9.47 Å². The van der Waals surface area contributed by atoms with E-state index in [1.165, 1.54) is 11.0 Å². The molecule has 3 amide bonds. The number of nitrogens with zero attached hydrogens (tertiary/aromatic N) is 4. The van der Waals surface area contributed by atoms with Crippen molar-refractivity contribution in [1.82, 2.24) is 25.1 Å². The SMILES string of the molecule is CCOC(=O)N1CCN(C(=O)C(CCC(=O)OC(C)(C)C)NC(=O)c2cc(N[C@H](C)CO)nc(-c3ccccc3)n2)CC1. The molecular weight excluding hydrogens is 556 g/mol. The van der Waals surface area contributed by atoms with Crippen molar-refractivity contribution in [3.8, 4) is 11.4 Å². The molecule has 0 aliphatic carbocycles. The number of hydrogen-bond donors (Lipinski definition) is 3. The summed E-state index contributed by atoms with van der Waals surface area (Å²) >= 11 is 0. The molecular formula is C30H42N6O7. The van der Waals surface area contributed by atoms with Gasteiger partial charge in [0.05, 0.1) is 13.2 Å². The Labute approximate surface area is 252 Å². The van der Waals surface area contributed by atoms with E-state index in [0.29, 0.717) is 11.4 Å². The summed E-state index contributed by atoms with van der Waals surface area (Å²) in [5.74, 6) is -0.901. The van der Waals surface area contributed by atoms with Crippen molar-refractivity contribution in [3.05, 3.63) is 42.1 Å². The van der Waals surface area contributed by atoms with Crippen LogP contribution in [0.2, 0.25) is 0 Å². The van der Waals surface area contributed by atoms with Crippen molar-refractivity contribution in [2.75, 3.05) is 44.7 Å². The van der Waals surface area contributed by atoms with E-state index in [1.54, 1.807) is 51.7 Å². The van der Waals surface area contributed by atoms with Gasteiger partial charge in [-0.2, -0.15) is 0 Å². The molecule has 1 saturated heterocycles. The molecule has 0 radical (unpaired) electrons. The van der Waals surface area contributed by atoms with E-state index in [1.807, 2.05) is 18.2 Å². The summed E-state index contributed by atoms with van der Waals surface area (Å²) < 4.78 is 10.5. The Morgan fingerprint density at radius 3 is 2.28 bits per heavy atom. The standard InChI is InChI=1S/C30H42N6O7/c1-6-42-29(41)36-16-14-35(15-17-36)28(40)22(12-13-25(38)43-30(3,4)5)33-27(39)23-18-24(31-20(2)19-37)34-26(32-23)21-10-8-7-9-11-21/h7-11,18,20,22,37H,6,12-17,19H2,1-5H3,(H,33,39)(H,31,32,34)/t20-,22?/m1/s1. The maximum Gasteiger partial charge on any atom is 0.409 e. The van der Waals surface area contributed by atoms with Gasteiger partial charge in [-0.15, -0.1) is 0 Å². The predicted molar refractivity (Wildman–Crippen MR) is 159 cm³/mol. The third-order valence-electron chi connectivity index (χ3n) is 6.44. The molecule has 1 unspecified atom stereocenters. The second kappa shape index (κ2) is 15.3. The van der Waals surface area contributed by atoms with E-state index in [0.717, 1.165) is 0 Å². The van der Waals surface area contributed by atoms with E-state index in [2.05, 4.69) is 20.6 Å². The summed E-state index contributed by atoms with van der Waals surface area (Å²) in [6.45, 7) is 9.88. The lowest BCUT2D eigenvalue weighted by Crippen LogP contribution is -2.56. The van der Waals surface area contributed by atoms with Crippen molar-refractivity contribution >= 4 is 29.7 Å². The first kappa shape index (κ1) is 33.2. The fraction of sp³-hybridized carbons (Fsp3) is 0.533. The smallest absolute Gasteiger partial charge is 0.409 e. The first-order chi connectivity index (χ1) is 20.4. The van der Waals surface area contributed by atoms with Gasteiger partial charge in [0.25, 0.3) is 5.91 Å². The van der Waals surface area contributed by atoms with Crippen LogP contribution in [0.1, 0.15) is 57.9 Å². The number of piperazine rings is 1. The van der Waals surface area contributed by atoms with Crippen LogP contribution >= 0.6 is 0 Å². The Bertz CT molecular complexity index is 1260. The van der Waals surface area contributed by atoms with E-state index < -0.39 is 29.6 Å². The summed E-state index contributed by atoms with van der Waals surface area (Å²) in [4.78, 5) is 63.9. The molecule has 0 bridgehead atoms. The molecule has 234 valence electrons. The molecule has 13 nitrogen and oxygen atoms in total. The molecule has 13 heteroatoms. The first-order valence-electron chi connectivity index (χ1n) is 14.4. The molecule has 1 aromatic heterocycles. The largest absolute Gasteiger partial charge is 0.460 e. The molecule has 3 rings (SSSR count). The number of hydrogen-bond acceptors (Lipinski definition) is 10. The third-order valence-corrected chi connectivity index (χ3v) is 6.44. The normalized spacial score (nSPS) is 14.8. The maximum atomic E-state index is 13.7. The summed E-state index contributed by atoms with van der Waals surface area (Å²) in [6.07, 6.45) is -0.542. The minimum Gasteiger partial charge on any atom is -0.460 e. The van der Waals surface area contributed by atoms with Crippen LogP contribution in [0.5, 0.6) is 0 Å². The molecule has 2 aromatic rings. The molecule has 2 heterocycles. The highest BCUT2D eigenvalue weighted by atomic mass is 16.6.